The number of nitrogens with zero attached hydrogens (tertiary/aromatic N) is 2. The molecule has 2 amide bonds. The quantitative estimate of drug-likeness (QED) is 0.439. The molecule has 0 aliphatic carbocycles. The van der Waals surface area contributed by atoms with Crippen molar-refractivity contribution >= 4 is 28.2 Å². The second kappa shape index (κ2) is 8.43. The molecule has 158 valence electrons. The van der Waals surface area contributed by atoms with Crippen molar-refractivity contribution in [2.45, 2.75) is 20.6 Å². The first-order valence-electron chi connectivity index (χ1n) is 9.60. The van der Waals surface area contributed by atoms with E-state index in [1.165, 1.54) is 10.7 Å². The summed E-state index contributed by atoms with van der Waals surface area (Å²) in [4.78, 5) is 12.6. The number of urea groups is 1. The van der Waals surface area contributed by atoms with Gasteiger partial charge in [-0.3, -0.25) is 0 Å². The minimum Gasteiger partial charge on any atom is -0.468 e. The average Bonchev–Trinajstić information content (AvgIpc) is 3.01. The first kappa shape index (κ1) is 20.3. The largest absolute Gasteiger partial charge is 0.468 e. The van der Waals surface area contributed by atoms with E-state index in [2.05, 4.69) is 15.7 Å². The Morgan fingerprint density at radius 1 is 1.03 bits per heavy atom. The van der Waals surface area contributed by atoms with E-state index in [0.717, 1.165) is 22.9 Å². The molecule has 8 heteroatoms. The van der Waals surface area contributed by atoms with Gasteiger partial charge in [0, 0.05) is 11.5 Å². The van der Waals surface area contributed by atoms with Gasteiger partial charge in [0.1, 0.15) is 5.82 Å². The molecule has 4 rings (SSSR count). The SMILES string of the molecule is Cc1nn(COc2ccc(F)cc2F)c(C)c1NC(=O)Nc1cccc2ccccc12. The molecule has 0 radical (unpaired) electrons. The van der Waals surface area contributed by atoms with Gasteiger partial charge in [-0.05, 0) is 37.4 Å². The highest BCUT2D eigenvalue weighted by Crippen LogP contribution is 2.25. The summed E-state index contributed by atoms with van der Waals surface area (Å²) in [7, 11) is 0. The molecule has 0 saturated carbocycles. The van der Waals surface area contributed by atoms with Crippen molar-refractivity contribution in [2.24, 2.45) is 0 Å². The number of fused-ring (bicyclic) bond motifs is 1. The number of halogens is 2. The predicted octanol–water partition coefficient (Wildman–Crippen LogP) is 5.61. The van der Waals surface area contributed by atoms with E-state index in [1.54, 1.807) is 13.8 Å². The maximum Gasteiger partial charge on any atom is 0.323 e. The number of anilines is 2. The molecule has 1 heterocycles. The Kier molecular flexibility index (Phi) is 5.53. The molecule has 2 N–H and O–H groups in total. The smallest absolute Gasteiger partial charge is 0.323 e. The minimum absolute atomic E-state index is 0.0860. The highest BCUT2D eigenvalue weighted by Gasteiger charge is 2.16. The molecule has 3 aromatic carbocycles. The Morgan fingerprint density at radius 3 is 2.61 bits per heavy atom. The lowest BCUT2D eigenvalue weighted by Crippen LogP contribution is -2.20. The van der Waals surface area contributed by atoms with Crippen LogP contribution in [0.4, 0.5) is 25.0 Å². The number of carbonyl (C=O) groups excluding carboxylic acids is 1. The lowest BCUT2D eigenvalue weighted by Gasteiger charge is -2.11. The standard InChI is InChI=1S/C23H20F2N4O2/c1-14-22(15(2)29(28-14)13-31-21-11-10-17(24)12-19(21)25)27-23(30)26-20-9-5-7-16-6-3-4-8-18(16)20/h3-12H,13H2,1-2H3,(H2,26,27,30). The average molecular weight is 422 g/mol. The minimum atomic E-state index is -0.797. The molecule has 0 spiro atoms. The van der Waals surface area contributed by atoms with E-state index in [0.29, 0.717) is 22.8 Å². The number of ether oxygens (including phenoxy) is 1. The first-order valence-corrected chi connectivity index (χ1v) is 9.60. The summed E-state index contributed by atoms with van der Waals surface area (Å²) in [6.45, 7) is 3.41. The lowest BCUT2D eigenvalue weighted by molar-refractivity contribution is 0.208. The third kappa shape index (κ3) is 4.32. The molecule has 0 saturated heterocycles. The van der Waals surface area contributed by atoms with E-state index in [9.17, 15) is 13.6 Å². The van der Waals surface area contributed by atoms with Crippen LogP contribution in [0.5, 0.6) is 5.75 Å². The summed E-state index contributed by atoms with van der Waals surface area (Å²) in [6.07, 6.45) is 0. The number of amides is 2. The maximum atomic E-state index is 13.8. The Bertz CT molecular complexity index is 1260. The third-order valence-corrected chi connectivity index (χ3v) is 4.89. The molecular formula is C23H20F2N4O2. The fourth-order valence-corrected chi connectivity index (χ4v) is 3.33. The number of rotatable bonds is 5. The van der Waals surface area contributed by atoms with Crippen LogP contribution in [0.1, 0.15) is 11.4 Å². The summed E-state index contributed by atoms with van der Waals surface area (Å²) in [5.74, 6) is -1.56. The van der Waals surface area contributed by atoms with Crippen LogP contribution in [0.25, 0.3) is 10.8 Å². The summed E-state index contributed by atoms with van der Waals surface area (Å²) in [6, 6.07) is 16.1. The van der Waals surface area contributed by atoms with E-state index >= 15 is 0 Å². The zero-order valence-corrected chi connectivity index (χ0v) is 16.9. The molecule has 0 aliphatic heterocycles. The van der Waals surface area contributed by atoms with Crippen LogP contribution in [0.3, 0.4) is 0 Å². The van der Waals surface area contributed by atoms with E-state index in [1.807, 2.05) is 42.5 Å². The van der Waals surface area contributed by atoms with E-state index < -0.39 is 17.7 Å². The summed E-state index contributed by atoms with van der Waals surface area (Å²) in [5, 5.41) is 12.0. The molecule has 0 bridgehead atoms. The van der Waals surface area contributed by atoms with Crippen molar-refractivity contribution < 1.29 is 18.3 Å². The third-order valence-electron chi connectivity index (χ3n) is 4.89. The molecule has 4 aromatic rings. The van der Waals surface area contributed by atoms with Crippen molar-refractivity contribution in [3.63, 3.8) is 0 Å². The second-order valence-electron chi connectivity index (χ2n) is 7.00. The van der Waals surface area contributed by atoms with Gasteiger partial charge in [0.15, 0.2) is 18.3 Å². The fourth-order valence-electron chi connectivity index (χ4n) is 3.33. The van der Waals surface area contributed by atoms with Crippen molar-refractivity contribution in [3.05, 3.63) is 83.7 Å². The van der Waals surface area contributed by atoms with Gasteiger partial charge in [0.2, 0.25) is 0 Å². The summed E-state index contributed by atoms with van der Waals surface area (Å²) >= 11 is 0. The summed E-state index contributed by atoms with van der Waals surface area (Å²) < 4.78 is 33.7. The van der Waals surface area contributed by atoms with Gasteiger partial charge >= 0.3 is 6.03 Å². The molecule has 0 atom stereocenters. The molecular weight excluding hydrogens is 402 g/mol. The van der Waals surface area contributed by atoms with Crippen LogP contribution in [-0.4, -0.2) is 15.8 Å². The van der Waals surface area contributed by atoms with Crippen LogP contribution >= 0.6 is 0 Å². The van der Waals surface area contributed by atoms with Crippen LogP contribution in [0.15, 0.2) is 60.7 Å². The summed E-state index contributed by atoms with van der Waals surface area (Å²) in [5.41, 5.74) is 2.43. The number of hydrogen-bond donors (Lipinski definition) is 2. The van der Waals surface area contributed by atoms with Gasteiger partial charge in [0.25, 0.3) is 0 Å². The number of aromatic nitrogens is 2. The van der Waals surface area contributed by atoms with Crippen molar-refractivity contribution in [3.8, 4) is 5.75 Å². The van der Waals surface area contributed by atoms with Crippen LogP contribution in [0.2, 0.25) is 0 Å². The maximum absolute atomic E-state index is 13.8. The topological polar surface area (TPSA) is 68.2 Å². The van der Waals surface area contributed by atoms with Gasteiger partial charge in [0.05, 0.1) is 22.8 Å². The Labute approximate surface area is 177 Å². The molecule has 31 heavy (non-hydrogen) atoms. The van der Waals surface area contributed by atoms with Gasteiger partial charge < -0.3 is 15.4 Å². The zero-order valence-electron chi connectivity index (χ0n) is 16.9. The predicted molar refractivity (Wildman–Crippen MR) is 115 cm³/mol. The fraction of sp³-hybridized carbons (Fsp3) is 0.130. The van der Waals surface area contributed by atoms with Crippen LogP contribution < -0.4 is 15.4 Å². The van der Waals surface area contributed by atoms with Crippen LogP contribution in [0, 0.1) is 25.5 Å². The van der Waals surface area contributed by atoms with E-state index in [-0.39, 0.29) is 12.5 Å². The van der Waals surface area contributed by atoms with Crippen molar-refractivity contribution in [1.82, 2.24) is 9.78 Å². The molecule has 6 nitrogen and oxygen atoms in total. The highest BCUT2D eigenvalue weighted by molar-refractivity contribution is 6.06. The van der Waals surface area contributed by atoms with Crippen molar-refractivity contribution in [1.29, 1.82) is 0 Å². The number of aryl methyl sites for hydroxylation is 1. The van der Waals surface area contributed by atoms with Gasteiger partial charge in [-0.2, -0.15) is 5.10 Å². The van der Waals surface area contributed by atoms with Gasteiger partial charge in [-0.15, -0.1) is 0 Å². The Hall–Kier alpha value is -3.94. The second-order valence-corrected chi connectivity index (χ2v) is 7.00. The normalized spacial score (nSPS) is 10.8. The molecule has 1 aromatic heterocycles. The number of hydrogen-bond acceptors (Lipinski definition) is 3. The molecule has 0 unspecified atom stereocenters. The van der Waals surface area contributed by atoms with Gasteiger partial charge in [-0.25, -0.2) is 18.3 Å². The number of benzene rings is 3. The first-order chi connectivity index (χ1) is 14.9. The number of nitrogens with one attached hydrogen (secondary N) is 2. The zero-order chi connectivity index (χ0) is 22.0. The molecule has 0 aliphatic rings. The van der Waals surface area contributed by atoms with E-state index in [4.69, 9.17) is 4.74 Å². The van der Waals surface area contributed by atoms with Gasteiger partial charge in [-0.1, -0.05) is 36.4 Å². The van der Waals surface area contributed by atoms with Crippen molar-refractivity contribution in [2.75, 3.05) is 10.6 Å². The Morgan fingerprint density at radius 2 is 1.81 bits per heavy atom. The number of carbonyl (C=O) groups is 1. The van der Waals surface area contributed by atoms with Crippen LogP contribution in [-0.2, 0) is 6.73 Å². The highest BCUT2D eigenvalue weighted by atomic mass is 19.1. The molecule has 0 fully saturated rings. The lowest BCUT2D eigenvalue weighted by atomic mass is 10.1. The monoisotopic (exact) mass is 422 g/mol. The Balaban J connectivity index is 1.47.